The van der Waals surface area contributed by atoms with Crippen molar-refractivity contribution in [2.24, 2.45) is 4.99 Å². The van der Waals surface area contributed by atoms with Gasteiger partial charge in [-0.2, -0.15) is 0 Å². The van der Waals surface area contributed by atoms with Crippen molar-refractivity contribution in [3.05, 3.63) is 23.9 Å². The van der Waals surface area contributed by atoms with Gasteiger partial charge in [0, 0.05) is 31.9 Å². The van der Waals surface area contributed by atoms with Crippen LogP contribution in [0.15, 0.2) is 23.3 Å². The molecule has 0 aromatic carbocycles. The fraction of sp³-hybridized carbons (Fsp3) is 0.667. The highest BCUT2D eigenvalue weighted by atomic mass is 15.2. The van der Waals surface area contributed by atoms with Crippen molar-refractivity contribution in [3.8, 4) is 0 Å². The molecule has 0 saturated carbocycles. The van der Waals surface area contributed by atoms with E-state index in [0.717, 1.165) is 37.0 Å². The van der Waals surface area contributed by atoms with E-state index in [1.807, 2.05) is 6.20 Å². The molecule has 1 fully saturated rings. The largest absolute Gasteiger partial charge is 0.357 e. The van der Waals surface area contributed by atoms with Crippen molar-refractivity contribution in [2.75, 3.05) is 24.5 Å². The molecule has 1 aliphatic rings. The van der Waals surface area contributed by atoms with Crippen LogP contribution in [0.4, 0.5) is 5.82 Å². The van der Waals surface area contributed by atoms with E-state index < -0.39 is 0 Å². The quantitative estimate of drug-likeness (QED) is 0.647. The van der Waals surface area contributed by atoms with Crippen LogP contribution in [0.2, 0.25) is 0 Å². The van der Waals surface area contributed by atoms with Crippen LogP contribution in [0, 0.1) is 0 Å². The molecule has 0 unspecified atom stereocenters. The van der Waals surface area contributed by atoms with E-state index >= 15 is 0 Å². The van der Waals surface area contributed by atoms with E-state index in [0.29, 0.717) is 12.6 Å². The number of aliphatic imine (C=N–C) groups is 1. The summed E-state index contributed by atoms with van der Waals surface area (Å²) in [6.45, 7) is 10.1. The van der Waals surface area contributed by atoms with Crippen LogP contribution in [-0.4, -0.2) is 36.6 Å². The van der Waals surface area contributed by atoms with Crippen molar-refractivity contribution in [1.29, 1.82) is 0 Å². The zero-order valence-electron chi connectivity index (χ0n) is 14.8. The van der Waals surface area contributed by atoms with Crippen LogP contribution in [0.3, 0.4) is 0 Å². The lowest BCUT2D eigenvalue weighted by molar-refractivity contribution is 0.700. The zero-order valence-corrected chi connectivity index (χ0v) is 14.8. The number of guanidine groups is 1. The summed E-state index contributed by atoms with van der Waals surface area (Å²) in [6.07, 6.45) is 7.21. The van der Waals surface area contributed by atoms with Gasteiger partial charge in [0.2, 0.25) is 0 Å². The highest BCUT2D eigenvalue weighted by molar-refractivity contribution is 5.79. The number of hydrogen-bond acceptors (Lipinski definition) is 3. The number of anilines is 1. The van der Waals surface area contributed by atoms with Gasteiger partial charge in [-0.1, -0.05) is 18.9 Å². The average Bonchev–Trinajstić information content (AvgIpc) is 2.82. The van der Waals surface area contributed by atoms with Gasteiger partial charge in [0.05, 0.1) is 6.54 Å². The van der Waals surface area contributed by atoms with Crippen LogP contribution in [0.5, 0.6) is 0 Å². The van der Waals surface area contributed by atoms with Gasteiger partial charge < -0.3 is 15.5 Å². The molecule has 5 nitrogen and oxygen atoms in total. The normalized spacial score (nSPS) is 16.3. The molecule has 0 aliphatic carbocycles. The van der Waals surface area contributed by atoms with E-state index in [9.17, 15) is 0 Å². The minimum Gasteiger partial charge on any atom is -0.357 e. The third kappa shape index (κ3) is 6.08. The highest BCUT2D eigenvalue weighted by Gasteiger charge is 2.10. The number of nitrogens with one attached hydrogen (secondary N) is 2. The summed E-state index contributed by atoms with van der Waals surface area (Å²) in [5.74, 6) is 1.96. The third-order valence-electron chi connectivity index (χ3n) is 3.93. The van der Waals surface area contributed by atoms with Crippen LogP contribution >= 0.6 is 0 Å². The number of pyridine rings is 1. The minimum atomic E-state index is 0.372. The SMILES string of the molecule is CCNC(=NCc1ccc(N2CCCCCC2)nc1)NC(C)C. The van der Waals surface area contributed by atoms with Crippen molar-refractivity contribution >= 4 is 11.8 Å². The number of nitrogens with zero attached hydrogens (tertiary/aromatic N) is 3. The standard InChI is InChI=1S/C18H31N5/c1-4-19-18(22-15(2)3)21-14-16-9-10-17(20-13-16)23-11-7-5-6-8-12-23/h9-10,13,15H,4-8,11-12,14H2,1-3H3,(H2,19,21,22). The molecule has 1 aromatic heterocycles. The minimum absolute atomic E-state index is 0.372. The Balaban J connectivity index is 1.95. The molecular formula is C18H31N5. The first-order chi connectivity index (χ1) is 11.2. The molecule has 128 valence electrons. The first kappa shape index (κ1) is 17.6. The summed E-state index contributed by atoms with van der Waals surface area (Å²) < 4.78 is 0. The summed E-state index contributed by atoms with van der Waals surface area (Å²) in [4.78, 5) is 11.7. The van der Waals surface area contributed by atoms with E-state index in [4.69, 9.17) is 0 Å². The molecule has 1 aliphatic heterocycles. The summed E-state index contributed by atoms with van der Waals surface area (Å²) in [7, 11) is 0. The second kappa shape index (κ2) is 9.38. The van der Waals surface area contributed by atoms with Crippen LogP contribution in [0.25, 0.3) is 0 Å². The Labute approximate surface area is 140 Å². The topological polar surface area (TPSA) is 52.6 Å². The molecule has 0 amide bonds. The lowest BCUT2D eigenvalue weighted by Crippen LogP contribution is -2.41. The first-order valence-electron chi connectivity index (χ1n) is 8.93. The van der Waals surface area contributed by atoms with Crippen LogP contribution < -0.4 is 15.5 Å². The van der Waals surface area contributed by atoms with Gasteiger partial charge in [0.15, 0.2) is 5.96 Å². The Morgan fingerprint density at radius 3 is 2.52 bits per heavy atom. The van der Waals surface area contributed by atoms with Gasteiger partial charge in [-0.3, -0.25) is 0 Å². The molecule has 1 aromatic rings. The Morgan fingerprint density at radius 2 is 1.96 bits per heavy atom. The Morgan fingerprint density at radius 1 is 1.22 bits per heavy atom. The fourth-order valence-electron chi connectivity index (χ4n) is 2.76. The molecule has 0 bridgehead atoms. The Hall–Kier alpha value is -1.78. The number of hydrogen-bond donors (Lipinski definition) is 2. The van der Waals surface area contributed by atoms with Crippen LogP contribution in [-0.2, 0) is 6.54 Å². The van der Waals surface area contributed by atoms with Crippen molar-refractivity contribution < 1.29 is 0 Å². The Bertz CT molecular complexity index is 473. The summed E-state index contributed by atoms with van der Waals surface area (Å²) in [5.41, 5.74) is 1.14. The molecule has 1 saturated heterocycles. The molecule has 5 heteroatoms. The maximum absolute atomic E-state index is 4.64. The van der Waals surface area contributed by atoms with Gasteiger partial charge in [0.1, 0.15) is 5.82 Å². The van der Waals surface area contributed by atoms with Gasteiger partial charge in [-0.15, -0.1) is 0 Å². The lowest BCUT2D eigenvalue weighted by atomic mass is 10.2. The maximum Gasteiger partial charge on any atom is 0.191 e. The van der Waals surface area contributed by atoms with Gasteiger partial charge in [-0.25, -0.2) is 9.98 Å². The molecule has 0 atom stereocenters. The molecular weight excluding hydrogens is 286 g/mol. The smallest absolute Gasteiger partial charge is 0.191 e. The highest BCUT2D eigenvalue weighted by Crippen LogP contribution is 2.17. The van der Waals surface area contributed by atoms with Gasteiger partial charge in [0.25, 0.3) is 0 Å². The predicted octanol–water partition coefficient (Wildman–Crippen LogP) is 2.93. The van der Waals surface area contributed by atoms with Crippen molar-refractivity contribution in [2.45, 2.75) is 59.0 Å². The summed E-state index contributed by atoms with van der Waals surface area (Å²) in [6, 6.07) is 4.66. The molecule has 2 heterocycles. The number of aromatic nitrogens is 1. The summed E-state index contributed by atoms with van der Waals surface area (Å²) >= 11 is 0. The van der Waals surface area contributed by atoms with E-state index in [1.54, 1.807) is 0 Å². The molecule has 0 spiro atoms. The van der Waals surface area contributed by atoms with E-state index in [2.05, 4.69) is 58.4 Å². The second-order valence-electron chi connectivity index (χ2n) is 6.42. The third-order valence-corrected chi connectivity index (χ3v) is 3.93. The lowest BCUT2D eigenvalue weighted by Gasteiger charge is -2.21. The summed E-state index contributed by atoms with van der Waals surface area (Å²) in [5, 5.41) is 6.60. The molecule has 23 heavy (non-hydrogen) atoms. The average molecular weight is 317 g/mol. The molecule has 2 N–H and O–H groups in total. The second-order valence-corrected chi connectivity index (χ2v) is 6.42. The van der Waals surface area contributed by atoms with E-state index in [-0.39, 0.29) is 0 Å². The fourth-order valence-corrected chi connectivity index (χ4v) is 2.76. The molecule has 0 radical (unpaired) electrons. The van der Waals surface area contributed by atoms with Crippen molar-refractivity contribution in [1.82, 2.24) is 15.6 Å². The van der Waals surface area contributed by atoms with Gasteiger partial charge in [-0.05, 0) is 45.2 Å². The predicted molar refractivity (Wildman–Crippen MR) is 98.0 cm³/mol. The van der Waals surface area contributed by atoms with Gasteiger partial charge >= 0.3 is 0 Å². The first-order valence-corrected chi connectivity index (χ1v) is 8.93. The van der Waals surface area contributed by atoms with E-state index in [1.165, 1.54) is 25.7 Å². The molecule has 2 rings (SSSR count). The van der Waals surface area contributed by atoms with Crippen molar-refractivity contribution in [3.63, 3.8) is 0 Å². The number of rotatable bonds is 5. The maximum atomic E-state index is 4.64. The zero-order chi connectivity index (χ0) is 16.5. The Kier molecular flexibility index (Phi) is 7.17. The van der Waals surface area contributed by atoms with Crippen LogP contribution in [0.1, 0.15) is 52.0 Å². The monoisotopic (exact) mass is 317 g/mol.